The number of aryl methyl sites for hydroxylation is 1. The normalized spacial score (nSPS) is 10.8. The van der Waals surface area contributed by atoms with E-state index in [0.29, 0.717) is 5.88 Å². The van der Waals surface area contributed by atoms with Crippen molar-refractivity contribution >= 4 is 17.2 Å². The minimum atomic E-state index is 0.443. The maximum absolute atomic E-state index is 5.70. The molecule has 0 amide bonds. The van der Waals surface area contributed by atoms with Gasteiger partial charge >= 0.3 is 0 Å². The molecule has 0 bridgehead atoms. The van der Waals surface area contributed by atoms with Crippen LogP contribution in [0.1, 0.15) is 24.3 Å². The Morgan fingerprint density at radius 1 is 1.33 bits per heavy atom. The summed E-state index contributed by atoms with van der Waals surface area (Å²) in [5, 5.41) is 4.01. The summed E-state index contributed by atoms with van der Waals surface area (Å²) in [5.41, 5.74) is 7.62. The van der Waals surface area contributed by atoms with E-state index in [2.05, 4.69) is 31.1 Å². The minimum absolute atomic E-state index is 0.443. The smallest absolute Gasteiger partial charge is 0.225 e. The molecule has 2 heterocycles. The highest BCUT2D eigenvalue weighted by atomic mass is 32.1. The van der Waals surface area contributed by atoms with Gasteiger partial charge in [-0.2, -0.15) is 0 Å². The van der Waals surface area contributed by atoms with Crippen molar-refractivity contribution in [2.75, 3.05) is 5.73 Å². The molecule has 0 spiro atoms. The first-order chi connectivity index (χ1) is 7.26. The molecule has 2 aromatic rings. The van der Waals surface area contributed by atoms with E-state index in [1.807, 2.05) is 0 Å². The van der Waals surface area contributed by atoms with E-state index in [4.69, 9.17) is 10.3 Å². The zero-order valence-electron chi connectivity index (χ0n) is 8.91. The molecule has 0 aliphatic rings. The molecule has 2 rings (SSSR count). The largest absolute Gasteiger partial charge is 0.367 e. The maximum atomic E-state index is 5.70. The molecule has 2 aromatic heterocycles. The van der Waals surface area contributed by atoms with Crippen LogP contribution in [0.3, 0.4) is 0 Å². The van der Waals surface area contributed by atoms with Crippen LogP contribution in [0.4, 0.5) is 5.88 Å². The van der Waals surface area contributed by atoms with E-state index < -0.39 is 0 Å². The lowest BCUT2D eigenvalue weighted by Gasteiger charge is -1.94. The Bertz CT molecular complexity index is 459. The number of aromatic nitrogens is 1. The topological polar surface area (TPSA) is 52.0 Å². The van der Waals surface area contributed by atoms with Gasteiger partial charge in [-0.1, -0.05) is 19.0 Å². The molecule has 0 radical (unpaired) electrons. The second-order valence-electron chi connectivity index (χ2n) is 3.35. The number of anilines is 1. The molecule has 0 atom stereocenters. The van der Waals surface area contributed by atoms with Crippen molar-refractivity contribution in [1.82, 2.24) is 5.16 Å². The predicted molar refractivity (Wildman–Crippen MR) is 63.0 cm³/mol. The molecule has 0 aliphatic carbocycles. The lowest BCUT2D eigenvalue weighted by atomic mass is 10.1. The van der Waals surface area contributed by atoms with Gasteiger partial charge in [-0.3, -0.25) is 0 Å². The van der Waals surface area contributed by atoms with Crippen molar-refractivity contribution in [3.05, 3.63) is 22.6 Å². The van der Waals surface area contributed by atoms with Crippen molar-refractivity contribution in [3.8, 4) is 10.6 Å². The monoisotopic (exact) mass is 222 g/mol. The van der Waals surface area contributed by atoms with Crippen molar-refractivity contribution in [2.45, 2.75) is 26.7 Å². The molecule has 0 fully saturated rings. The standard InChI is InChI=1S/C11H14N2OS/c1-3-7-5-6-9(15-7)10-8(4-2)11(12)14-13-10/h5-6H,3-4,12H2,1-2H3. The predicted octanol–water partition coefficient (Wildman–Crippen LogP) is 3.11. The first-order valence-corrected chi connectivity index (χ1v) is 5.91. The number of nitrogen functional groups attached to an aromatic ring is 1. The van der Waals surface area contributed by atoms with Gasteiger partial charge in [-0.05, 0) is 25.0 Å². The van der Waals surface area contributed by atoms with Crippen LogP contribution in [0.5, 0.6) is 0 Å². The molecule has 2 N–H and O–H groups in total. The number of thiophene rings is 1. The SMILES string of the molecule is CCc1ccc(-c2noc(N)c2CC)s1. The molecular formula is C11H14N2OS. The summed E-state index contributed by atoms with van der Waals surface area (Å²) in [6.07, 6.45) is 1.91. The van der Waals surface area contributed by atoms with Crippen molar-refractivity contribution in [1.29, 1.82) is 0 Å². The van der Waals surface area contributed by atoms with Crippen LogP contribution in [0.2, 0.25) is 0 Å². The second kappa shape index (κ2) is 4.06. The van der Waals surface area contributed by atoms with Gasteiger partial charge in [0.05, 0.1) is 4.88 Å². The number of rotatable bonds is 3. The summed E-state index contributed by atoms with van der Waals surface area (Å²) in [6.45, 7) is 4.20. The maximum Gasteiger partial charge on any atom is 0.225 e. The highest BCUT2D eigenvalue weighted by Gasteiger charge is 2.14. The number of nitrogens with zero attached hydrogens (tertiary/aromatic N) is 1. The Morgan fingerprint density at radius 3 is 2.73 bits per heavy atom. The molecule has 0 aromatic carbocycles. The summed E-state index contributed by atoms with van der Waals surface area (Å²) in [7, 11) is 0. The Morgan fingerprint density at radius 2 is 2.13 bits per heavy atom. The van der Waals surface area contributed by atoms with Gasteiger partial charge in [0, 0.05) is 10.4 Å². The Kier molecular flexibility index (Phi) is 2.77. The van der Waals surface area contributed by atoms with Gasteiger partial charge in [-0.15, -0.1) is 11.3 Å². The Hall–Kier alpha value is -1.29. The lowest BCUT2D eigenvalue weighted by Crippen LogP contribution is -1.88. The van der Waals surface area contributed by atoms with Gasteiger partial charge in [0.2, 0.25) is 5.88 Å². The van der Waals surface area contributed by atoms with E-state index in [1.165, 1.54) is 4.88 Å². The third kappa shape index (κ3) is 1.77. The fourth-order valence-electron chi connectivity index (χ4n) is 1.55. The van der Waals surface area contributed by atoms with Crippen LogP contribution < -0.4 is 5.73 Å². The van der Waals surface area contributed by atoms with Crippen LogP contribution in [0.25, 0.3) is 10.6 Å². The van der Waals surface area contributed by atoms with E-state index in [0.717, 1.165) is 29.0 Å². The summed E-state index contributed by atoms with van der Waals surface area (Å²) < 4.78 is 5.02. The van der Waals surface area contributed by atoms with Crippen molar-refractivity contribution in [2.24, 2.45) is 0 Å². The lowest BCUT2D eigenvalue weighted by molar-refractivity contribution is 0.439. The number of hydrogen-bond donors (Lipinski definition) is 1. The zero-order valence-corrected chi connectivity index (χ0v) is 9.73. The molecule has 15 heavy (non-hydrogen) atoms. The van der Waals surface area contributed by atoms with Gasteiger partial charge in [0.1, 0.15) is 5.69 Å². The zero-order chi connectivity index (χ0) is 10.8. The first kappa shape index (κ1) is 10.2. The number of nitrogens with two attached hydrogens (primary N) is 1. The van der Waals surface area contributed by atoms with Crippen LogP contribution in [0.15, 0.2) is 16.7 Å². The molecule has 0 saturated carbocycles. The van der Waals surface area contributed by atoms with Gasteiger partial charge in [0.15, 0.2) is 0 Å². The quantitative estimate of drug-likeness (QED) is 0.868. The molecule has 80 valence electrons. The average molecular weight is 222 g/mol. The molecule has 0 aliphatic heterocycles. The van der Waals surface area contributed by atoms with E-state index in [-0.39, 0.29) is 0 Å². The van der Waals surface area contributed by atoms with E-state index in [1.54, 1.807) is 11.3 Å². The third-order valence-electron chi connectivity index (χ3n) is 2.42. The Balaban J connectivity index is 2.44. The van der Waals surface area contributed by atoms with Crippen molar-refractivity contribution in [3.63, 3.8) is 0 Å². The molecule has 3 nitrogen and oxygen atoms in total. The summed E-state index contributed by atoms with van der Waals surface area (Å²) in [6, 6.07) is 4.21. The van der Waals surface area contributed by atoms with E-state index in [9.17, 15) is 0 Å². The molecule has 4 heteroatoms. The van der Waals surface area contributed by atoms with Gasteiger partial charge < -0.3 is 10.3 Å². The highest BCUT2D eigenvalue weighted by molar-refractivity contribution is 7.15. The first-order valence-electron chi connectivity index (χ1n) is 5.09. The van der Waals surface area contributed by atoms with Gasteiger partial charge in [-0.25, -0.2) is 0 Å². The van der Waals surface area contributed by atoms with Crippen LogP contribution in [0, 0.1) is 0 Å². The molecular weight excluding hydrogens is 208 g/mol. The van der Waals surface area contributed by atoms with Crippen LogP contribution in [-0.2, 0) is 12.8 Å². The van der Waals surface area contributed by atoms with Crippen LogP contribution in [-0.4, -0.2) is 5.16 Å². The molecule has 0 unspecified atom stereocenters. The minimum Gasteiger partial charge on any atom is -0.367 e. The summed E-state index contributed by atoms with van der Waals surface area (Å²) >= 11 is 1.75. The molecule has 0 saturated heterocycles. The number of hydrogen-bond acceptors (Lipinski definition) is 4. The average Bonchev–Trinajstić information content (AvgIpc) is 2.83. The summed E-state index contributed by atoms with van der Waals surface area (Å²) in [5.74, 6) is 0.443. The highest BCUT2D eigenvalue weighted by Crippen LogP contribution is 2.32. The fraction of sp³-hybridized carbons (Fsp3) is 0.364. The second-order valence-corrected chi connectivity index (χ2v) is 4.52. The van der Waals surface area contributed by atoms with Gasteiger partial charge in [0.25, 0.3) is 0 Å². The van der Waals surface area contributed by atoms with E-state index >= 15 is 0 Å². The fourth-order valence-corrected chi connectivity index (χ4v) is 2.51. The Labute approximate surface area is 92.9 Å². The van der Waals surface area contributed by atoms with Crippen molar-refractivity contribution < 1.29 is 4.52 Å². The third-order valence-corrected chi connectivity index (χ3v) is 3.65. The summed E-state index contributed by atoms with van der Waals surface area (Å²) in [4.78, 5) is 2.50. The van der Waals surface area contributed by atoms with Crippen LogP contribution >= 0.6 is 11.3 Å².